The van der Waals surface area contributed by atoms with Gasteiger partial charge in [0.1, 0.15) is 0 Å². The van der Waals surface area contributed by atoms with Gasteiger partial charge >= 0.3 is 0 Å². The van der Waals surface area contributed by atoms with Crippen LogP contribution in [0.2, 0.25) is 0 Å². The molecule has 7 heteroatoms. The first-order chi connectivity index (χ1) is 9.23. The molecule has 0 radical (unpaired) electrons. The van der Waals surface area contributed by atoms with Crippen molar-refractivity contribution in [3.05, 3.63) is 24.3 Å². The van der Waals surface area contributed by atoms with Gasteiger partial charge in [0.25, 0.3) is 0 Å². The van der Waals surface area contributed by atoms with Gasteiger partial charge in [0.15, 0.2) is 0 Å². The van der Waals surface area contributed by atoms with E-state index in [1.165, 1.54) is 0 Å². The lowest BCUT2D eigenvalue weighted by molar-refractivity contribution is -0.120. The minimum atomic E-state index is -3.30. The molecule has 0 spiro atoms. The molecule has 4 N–H and O–H groups in total. The first-order valence-corrected chi connectivity index (χ1v) is 8.21. The quantitative estimate of drug-likeness (QED) is 0.735. The molecule has 1 amide bonds. The van der Waals surface area contributed by atoms with E-state index in [9.17, 15) is 13.2 Å². The van der Waals surface area contributed by atoms with E-state index in [0.29, 0.717) is 11.4 Å². The van der Waals surface area contributed by atoms with E-state index in [1.807, 2.05) is 13.8 Å². The second kappa shape index (κ2) is 6.71. The second-order valence-corrected chi connectivity index (χ2v) is 6.78. The van der Waals surface area contributed by atoms with Crippen LogP contribution in [0.5, 0.6) is 0 Å². The molecule has 1 aromatic rings. The Morgan fingerprint density at radius 2 is 1.70 bits per heavy atom. The van der Waals surface area contributed by atoms with Crippen molar-refractivity contribution < 1.29 is 13.2 Å². The summed E-state index contributed by atoms with van der Waals surface area (Å²) in [5.74, 6) is -0.221. The largest absolute Gasteiger partial charge is 0.330 e. The van der Waals surface area contributed by atoms with Crippen LogP contribution in [-0.2, 0) is 14.8 Å². The highest BCUT2D eigenvalue weighted by Gasteiger charge is 2.20. The van der Waals surface area contributed by atoms with Gasteiger partial charge in [0, 0.05) is 17.9 Å². The van der Waals surface area contributed by atoms with Gasteiger partial charge in [-0.1, -0.05) is 13.8 Å². The molecule has 0 saturated carbocycles. The highest BCUT2D eigenvalue weighted by Crippen LogP contribution is 2.17. The van der Waals surface area contributed by atoms with Gasteiger partial charge in [-0.3, -0.25) is 9.52 Å². The molecule has 0 aliphatic heterocycles. The number of carbonyl (C=O) groups is 1. The van der Waals surface area contributed by atoms with Gasteiger partial charge in [-0.15, -0.1) is 0 Å². The Kier molecular flexibility index (Phi) is 5.52. The van der Waals surface area contributed by atoms with Crippen molar-refractivity contribution >= 4 is 27.3 Å². The standard InChI is InChI=1S/C13H21N3O3S/c1-9(2)12(8-14)13(17)15-10-4-6-11(7-5-10)16-20(3,18)19/h4-7,9,12,16H,8,14H2,1-3H3,(H,15,17). The van der Waals surface area contributed by atoms with E-state index < -0.39 is 10.0 Å². The van der Waals surface area contributed by atoms with Crippen molar-refractivity contribution in [2.75, 3.05) is 22.8 Å². The third kappa shape index (κ3) is 5.18. The summed E-state index contributed by atoms with van der Waals surface area (Å²) in [7, 11) is -3.30. The molecule has 0 aromatic heterocycles. The van der Waals surface area contributed by atoms with Crippen molar-refractivity contribution in [1.82, 2.24) is 0 Å². The van der Waals surface area contributed by atoms with Crippen molar-refractivity contribution in [2.24, 2.45) is 17.6 Å². The van der Waals surface area contributed by atoms with E-state index in [4.69, 9.17) is 5.73 Å². The van der Waals surface area contributed by atoms with Gasteiger partial charge in [-0.2, -0.15) is 0 Å². The Morgan fingerprint density at radius 3 is 2.10 bits per heavy atom. The number of anilines is 2. The van der Waals surface area contributed by atoms with Gasteiger partial charge < -0.3 is 11.1 Å². The molecular weight excluding hydrogens is 278 g/mol. The third-order valence-corrected chi connectivity index (χ3v) is 3.46. The summed E-state index contributed by atoms with van der Waals surface area (Å²) in [5.41, 5.74) is 6.64. The van der Waals surface area contributed by atoms with Crippen molar-refractivity contribution in [1.29, 1.82) is 0 Å². The summed E-state index contributed by atoms with van der Waals surface area (Å²) in [4.78, 5) is 12.0. The maximum Gasteiger partial charge on any atom is 0.229 e. The number of nitrogens with two attached hydrogens (primary N) is 1. The fraction of sp³-hybridized carbons (Fsp3) is 0.462. The second-order valence-electron chi connectivity index (χ2n) is 5.03. The summed E-state index contributed by atoms with van der Waals surface area (Å²) in [6.07, 6.45) is 1.08. The molecule has 1 rings (SSSR count). The predicted octanol–water partition coefficient (Wildman–Crippen LogP) is 1.23. The van der Waals surface area contributed by atoms with Gasteiger partial charge in [-0.25, -0.2) is 8.42 Å². The molecule has 1 atom stereocenters. The molecule has 0 bridgehead atoms. The number of benzene rings is 1. The molecule has 0 aliphatic carbocycles. The van der Waals surface area contributed by atoms with Crippen molar-refractivity contribution in [3.8, 4) is 0 Å². The molecule has 0 saturated heterocycles. The highest BCUT2D eigenvalue weighted by molar-refractivity contribution is 7.92. The van der Waals surface area contributed by atoms with Crippen LogP contribution in [0.4, 0.5) is 11.4 Å². The van der Waals surface area contributed by atoms with Crippen LogP contribution < -0.4 is 15.8 Å². The zero-order chi connectivity index (χ0) is 15.3. The molecule has 20 heavy (non-hydrogen) atoms. The van der Waals surface area contributed by atoms with Crippen LogP contribution in [0.25, 0.3) is 0 Å². The maximum absolute atomic E-state index is 12.0. The summed E-state index contributed by atoms with van der Waals surface area (Å²) in [5, 5.41) is 2.77. The average Bonchev–Trinajstić information content (AvgIpc) is 2.30. The average molecular weight is 299 g/mol. The molecule has 0 fully saturated rings. The molecule has 6 nitrogen and oxygen atoms in total. The Balaban J connectivity index is 2.73. The minimum absolute atomic E-state index is 0.133. The number of sulfonamides is 1. The van der Waals surface area contributed by atoms with Crippen LogP contribution in [-0.4, -0.2) is 27.1 Å². The fourth-order valence-electron chi connectivity index (χ4n) is 1.75. The van der Waals surface area contributed by atoms with E-state index in [2.05, 4.69) is 10.0 Å². The van der Waals surface area contributed by atoms with Crippen LogP contribution in [0, 0.1) is 11.8 Å². The monoisotopic (exact) mass is 299 g/mol. The number of hydrogen-bond donors (Lipinski definition) is 3. The van der Waals surface area contributed by atoms with Gasteiger partial charge in [0.2, 0.25) is 15.9 Å². The summed E-state index contributed by atoms with van der Waals surface area (Å²) >= 11 is 0. The zero-order valence-electron chi connectivity index (χ0n) is 11.9. The van der Waals surface area contributed by atoms with Crippen molar-refractivity contribution in [3.63, 3.8) is 0 Å². The van der Waals surface area contributed by atoms with Crippen molar-refractivity contribution in [2.45, 2.75) is 13.8 Å². The lowest BCUT2D eigenvalue weighted by Crippen LogP contribution is -2.33. The van der Waals surface area contributed by atoms with Crippen LogP contribution in [0.15, 0.2) is 24.3 Å². The molecular formula is C13H21N3O3S. The highest BCUT2D eigenvalue weighted by atomic mass is 32.2. The lowest BCUT2D eigenvalue weighted by Gasteiger charge is -2.18. The summed E-state index contributed by atoms with van der Waals surface area (Å²) < 4.78 is 24.5. The smallest absolute Gasteiger partial charge is 0.229 e. The van der Waals surface area contributed by atoms with E-state index >= 15 is 0 Å². The summed E-state index contributed by atoms with van der Waals surface area (Å²) in [6, 6.07) is 6.45. The first kappa shape index (κ1) is 16.5. The van der Waals surface area contributed by atoms with E-state index in [-0.39, 0.29) is 24.3 Å². The first-order valence-electron chi connectivity index (χ1n) is 6.31. The normalized spacial score (nSPS) is 13.1. The predicted molar refractivity (Wildman–Crippen MR) is 80.9 cm³/mol. The Labute approximate surface area is 119 Å². The minimum Gasteiger partial charge on any atom is -0.330 e. The summed E-state index contributed by atoms with van der Waals surface area (Å²) in [6.45, 7) is 4.17. The SMILES string of the molecule is CC(C)C(CN)C(=O)Nc1ccc(NS(C)(=O)=O)cc1. The number of carbonyl (C=O) groups excluding carboxylic acids is 1. The van der Waals surface area contributed by atoms with Crippen LogP contribution in [0.3, 0.4) is 0 Å². The molecule has 0 aliphatic rings. The Bertz CT molecular complexity index is 553. The van der Waals surface area contributed by atoms with Crippen LogP contribution >= 0.6 is 0 Å². The fourth-order valence-corrected chi connectivity index (χ4v) is 2.32. The Morgan fingerprint density at radius 1 is 1.20 bits per heavy atom. The maximum atomic E-state index is 12.0. The van der Waals surface area contributed by atoms with Gasteiger partial charge in [-0.05, 0) is 30.2 Å². The number of hydrogen-bond acceptors (Lipinski definition) is 4. The Hall–Kier alpha value is -1.60. The molecule has 112 valence electrons. The molecule has 0 heterocycles. The van der Waals surface area contributed by atoms with Crippen LogP contribution in [0.1, 0.15) is 13.8 Å². The topological polar surface area (TPSA) is 101 Å². The van der Waals surface area contributed by atoms with E-state index in [0.717, 1.165) is 6.26 Å². The number of rotatable bonds is 6. The van der Waals surface area contributed by atoms with Gasteiger partial charge in [0.05, 0.1) is 12.2 Å². The third-order valence-electron chi connectivity index (χ3n) is 2.85. The lowest BCUT2D eigenvalue weighted by atomic mass is 9.95. The van der Waals surface area contributed by atoms with E-state index in [1.54, 1.807) is 24.3 Å². The molecule has 1 aromatic carbocycles. The number of nitrogens with one attached hydrogen (secondary N) is 2. The zero-order valence-corrected chi connectivity index (χ0v) is 12.7. The molecule has 1 unspecified atom stereocenters. The number of amides is 1.